The number of rotatable bonds is 10. The quantitative estimate of drug-likeness (QED) is 0.611. The highest BCUT2D eigenvalue weighted by Gasteiger charge is 2.31. The van der Waals surface area contributed by atoms with E-state index in [0.717, 1.165) is 32.5 Å². The summed E-state index contributed by atoms with van der Waals surface area (Å²) >= 11 is 0. The SMILES string of the molecule is CN(C)CCN(C)CCCCC(C)(C#N)NC1CC1. The lowest BCUT2D eigenvalue weighted by atomic mass is 9.96. The van der Waals surface area contributed by atoms with Gasteiger partial charge in [0.2, 0.25) is 0 Å². The Morgan fingerprint density at radius 1 is 1.16 bits per heavy atom. The molecule has 0 aliphatic heterocycles. The molecule has 0 amide bonds. The second kappa shape index (κ2) is 7.84. The van der Waals surface area contributed by atoms with Gasteiger partial charge in [0.05, 0.1) is 6.07 Å². The summed E-state index contributed by atoms with van der Waals surface area (Å²) in [5.41, 5.74) is -0.316. The molecule has 19 heavy (non-hydrogen) atoms. The predicted molar refractivity (Wildman–Crippen MR) is 80.1 cm³/mol. The minimum absolute atomic E-state index is 0.316. The van der Waals surface area contributed by atoms with Gasteiger partial charge in [-0.15, -0.1) is 0 Å². The zero-order chi connectivity index (χ0) is 14.3. The summed E-state index contributed by atoms with van der Waals surface area (Å²) in [5.74, 6) is 0. The summed E-state index contributed by atoms with van der Waals surface area (Å²) < 4.78 is 0. The molecule has 0 saturated heterocycles. The van der Waals surface area contributed by atoms with Crippen LogP contribution >= 0.6 is 0 Å². The summed E-state index contributed by atoms with van der Waals surface area (Å²) in [6.45, 7) is 5.39. The van der Waals surface area contributed by atoms with Crippen molar-refractivity contribution >= 4 is 0 Å². The fourth-order valence-corrected chi connectivity index (χ4v) is 2.18. The number of nitriles is 1. The first-order valence-corrected chi connectivity index (χ1v) is 7.47. The van der Waals surface area contributed by atoms with Gasteiger partial charge in [-0.1, -0.05) is 0 Å². The highest BCUT2D eigenvalue weighted by molar-refractivity contribution is 5.06. The van der Waals surface area contributed by atoms with E-state index >= 15 is 0 Å². The van der Waals surface area contributed by atoms with Crippen molar-refractivity contribution in [2.45, 2.75) is 50.6 Å². The van der Waals surface area contributed by atoms with Crippen LogP contribution in [0.2, 0.25) is 0 Å². The Balaban J connectivity index is 2.09. The number of nitrogens with one attached hydrogen (secondary N) is 1. The molecule has 0 aromatic rings. The first kappa shape index (κ1) is 16.4. The Bertz CT molecular complexity index is 293. The van der Waals surface area contributed by atoms with Gasteiger partial charge in [0.25, 0.3) is 0 Å². The third kappa shape index (κ3) is 7.51. The van der Waals surface area contributed by atoms with Gasteiger partial charge in [-0.3, -0.25) is 5.32 Å². The van der Waals surface area contributed by atoms with Crippen molar-refractivity contribution in [1.29, 1.82) is 5.26 Å². The normalized spacial score (nSPS) is 18.6. The molecule has 1 aliphatic carbocycles. The van der Waals surface area contributed by atoms with Crippen molar-refractivity contribution in [3.05, 3.63) is 0 Å². The molecule has 1 fully saturated rings. The Labute approximate surface area is 118 Å². The maximum atomic E-state index is 9.29. The van der Waals surface area contributed by atoms with Crippen LogP contribution in [0.25, 0.3) is 0 Å². The van der Waals surface area contributed by atoms with Crippen LogP contribution in [0, 0.1) is 11.3 Å². The summed E-state index contributed by atoms with van der Waals surface area (Å²) in [6.07, 6.45) is 5.74. The third-order valence-electron chi connectivity index (χ3n) is 3.74. The first-order chi connectivity index (χ1) is 8.95. The molecular weight excluding hydrogens is 236 g/mol. The lowest BCUT2D eigenvalue weighted by Crippen LogP contribution is -2.42. The largest absolute Gasteiger partial charge is 0.308 e. The van der Waals surface area contributed by atoms with Gasteiger partial charge < -0.3 is 9.80 Å². The zero-order valence-electron chi connectivity index (χ0n) is 13.1. The topological polar surface area (TPSA) is 42.3 Å². The molecule has 0 bridgehead atoms. The van der Waals surface area contributed by atoms with E-state index in [-0.39, 0.29) is 5.54 Å². The van der Waals surface area contributed by atoms with Crippen LogP contribution < -0.4 is 5.32 Å². The van der Waals surface area contributed by atoms with Crippen LogP contribution in [0.4, 0.5) is 0 Å². The second-order valence-corrected chi connectivity index (χ2v) is 6.43. The van der Waals surface area contributed by atoms with E-state index < -0.39 is 0 Å². The van der Waals surface area contributed by atoms with Crippen molar-refractivity contribution in [3.63, 3.8) is 0 Å². The zero-order valence-corrected chi connectivity index (χ0v) is 13.1. The number of hydrogen-bond acceptors (Lipinski definition) is 4. The smallest absolute Gasteiger partial charge is 0.104 e. The summed E-state index contributed by atoms with van der Waals surface area (Å²) in [6, 6.07) is 3.05. The lowest BCUT2D eigenvalue weighted by Gasteiger charge is -2.24. The van der Waals surface area contributed by atoms with E-state index in [9.17, 15) is 5.26 Å². The standard InChI is InChI=1S/C15H30N4/c1-15(13-16,17-14-7-8-14)9-5-6-10-19(4)12-11-18(2)3/h14,17H,5-12H2,1-4H3. The Morgan fingerprint density at radius 3 is 2.37 bits per heavy atom. The molecule has 1 saturated carbocycles. The molecule has 0 spiro atoms. The monoisotopic (exact) mass is 266 g/mol. The summed E-state index contributed by atoms with van der Waals surface area (Å²) in [5, 5.41) is 12.8. The van der Waals surface area contributed by atoms with Crippen LogP contribution in [0.3, 0.4) is 0 Å². The van der Waals surface area contributed by atoms with Gasteiger partial charge >= 0.3 is 0 Å². The van der Waals surface area contributed by atoms with Crippen molar-refractivity contribution in [1.82, 2.24) is 15.1 Å². The average Bonchev–Trinajstić information content (AvgIpc) is 3.16. The Kier molecular flexibility index (Phi) is 6.78. The van der Waals surface area contributed by atoms with E-state index in [0.29, 0.717) is 6.04 Å². The predicted octanol–water partition coefficient (Wildman–Crippen LogP) is 1.68. The van der Waals surface area contributed by atoms with Gasteiger partial charge in [0.15, 0.2) is 0 Å². The maximum Gasteiger partial charge on any atom is 0.104 e. The molecule has 1 N–H and O–H groups in total. The second-order valence-electron chi connectivity index (χ2n) is 6.43. The number of likely N-dealkylation sites (N-methyl/N-ethyl adjacent to an activating group) is 2. The highest BCUT2D eigenvalue weighted by Crippen LogP contribution is 2.24. The summed E-state index contributed by atoms with van der Waals surface area (Å²) in [7, 11) is 6.39. The average molecular weight is 266 g/mol. The van der Waals surface area contributed by atoms with Gasteiger partial charge in [0, 0.05) is 19.1 Å². The molecule has 1 rings (SSSR count). The lowest BCUT2D eigenvalue weighted by molar-refractivity contribution is 0.273. The van der Waals surface area contributed by atoms with Gasteiger partial charge in [-0.2, -0.15) is 5.26 Å². The maximum absolute atomic E-state index is 9.29. The highest BCUT2D eigenvalue weighted by atomic mass is 15.1. The molecule has 4 heteroatoms. The molecule has 1 unspecified atom stereocenters. The molecular formula is C15H30N4. The van der Waals surface area contributed by atoms with Gasteiger partial charge in [-0.25, -0.2) is 0 Å². The van der Waals surface area contributed by atoms with Crippen LogP contribution in [-0.2, 0) is 0 Å². The number of unbranched alkanes of at least 4 members (excludes halogenated alkanes) is 1. The van der Waals surface area contributed by atoms with Crippen LogP contribution in [0.5, 0.6) is 0 Å². The van der Waals surface area contributed by atoms with Crippen LogP contribution in [0.15, 0.2) is 0 Å². The molecule has 110 valence electrons. The fraction of sp³-hybridized carbons (Fsp3) is 0.933. The minimum Gasteiger partial charge on any atom is -0.308 e. The summed E-state index contributed by atoms with van der Waals surface area (Å²) in [4.78, 5) is 4.58. The Morgan fingerprint density at radius 2 is 1.84 bits per heavy atom. The van der Waals surface area contributed by atoms with Crippen molar-refractivity contribution in [2.24, 2.45) is 0 Å². The van der Waals surface area contributed by atoms with Gasteiger partial charge in [0.1, 0.15) is 5.54 Å². The Hall–Kier alpha value is -0.630. The van der Waals surface area contributed by atoms with E-state index in [1.165, 1.54) is 19.3 Å². The van der Waals surface area contributed by atoms with E-state index in [4.69, 9.17) is 0 Å². The first-order valence-electron chi connectivity index (χ1n) is 7.47. The molecule has 0 radical (unpaired) electrons. The molecule has 0 heterocycles. The van der Waals surface area contributed by atoms with Crippen molar-refractivity contribution in [3.8, 4) is 6.07 Å². The van der Waals surface area contributed by atoms with E-state index in [1.54, 1.807) is 0 Å². The molecule has 0 aromatic heterocycles. The molecule has 1 aliphatic rings. The van der Waals surface area contributed by atoms with E-state index in [1.807, 2.05) is 6.92 Å². The molecule has 4 nitrogen and oxygen atoms in total. The van der Waals surface area contributed by atoms with E-state index in [2.05, 4.69) is 42.3 Å². The minimum atomic E-state index is -0.316. The van der Waals surface area contributed by atoms with Crippen molar-refractivity contribution in [2.75, 3.05) is 40.8 Å². The molecule has 0 aromatic carbocycles. The molecule has 1 atom stereocenters. The van der Waals surface area contributed by atoms with Crippen LogP contribution in [-0.4, -0.2) is 62.2 Å². The fourth-order valence-electron chi connectivity index (χ4n) is 2.18. The van der Waals surface area contributed by atoms with Crippen molar-refractivity contribution < 1.29 is 0 Å². The number of hydrogen-bond donors (Lipinski definition) is 1. The van der Waals surface area contributed by atoms with Crippen LogP contribution in [0.1, 0.15) is 39.0 Å². The van der Waals surface area contributed by atoms with Gasteiger partial charge in [-0.05, 0) is 66.7 Å². The third-order valence-corrected chi connectivity index (χ3v) is 3.74. The number of nitrogens with zero attached hydrogens (tertiary/aromatic N) is 3.